The number of benzene rings is 2. The van der Waals surface area contributed by atoms with Gasteiger partial charge in [0.15, 0.2) is 0 Å². The molecule has 3 nitrogen and oxygen atoms in total. The lowest BCUT2D eigenvalue weighted by atomic mass is 10.1. The number of aryl methyl sites for hydroxylation is 1. The van der Waals surface area contributed by atoms with Gasteiger partial charge in [0.25, 0.3) is 0 Å². The quantitative estimate of drug-likeness (QED) is 0.913. The van der Waals surface area contributed by atoms with Gasteiger partial charge in [0, 0.05) is 5.56 Å². The maximum atomic E-state index is 9.81. The van der Waals surface area contributed by atoms with Gasteiger partial charge < -0.3 is 9.84 Å². The molecule has 0 saturated carbocycles. The third-order valence-electron chi connectivity index (χ3n) is 3.37. The number of nitrogens with zero attached hydrogens (tertiary/aromatic N) is 1. The van der Waals surface area contributed by atoms with E-state index in [9.17, 15) is 5.11 Å². The zero-order chi connectivity index (χ0) is 14.7. The Balaban J connectivity index is 2.46. The van der Waals surface area contributed by atoms with Crippen LogP contribution in [0.25, 0.3) is 0 Å². The van der Waals surface area contributed by atoms with Gasteiger partial charge in [0.2, 0.25) is 0 Å². The SMILES string of the molecule is Cc1cccc(Oc2cc(C#N)ccc2[C@H](C)O)c1C. The van der Waals surface area contributed by atoms with E-state index in [1.807, 2.05) is 32.0 Å². The number of rotatable bonds is 3. The van der Waals surface area contributed by atoms with E-state index in [0.717, 1.165) is 16.9 Å². The first kappa shape index (κ1) is 14.1. The third-order valence-corrected chi connectivity index (χ3v) is 3.37. The number of ether oxygens (including phenoxy) is 1. The summed E-state index contributed by atoms with van der Waals surface area (Å²) in [5.41, 5.74) is 3.36. The third kappa shape index (κ3) is 2.81. The molecule has 0 fully saturated rings. The predicted octanol–water partition coefficient (Wildman–Crippen LogP) is 4.02. The van der Waals surface area contributed by atoms with Crippen molar-refractivity contribution in [1.29, 1.82) is 5.26 Å². The van der Waals surface area contributed by atoms with Crippen molar-refractivity contribution in [2.75, 3.05) is 0 Å². The predicted molar refractivity (Wildman–Crippen MR) is 77.8 cm³/mol. The monoisotopic (exact) mass is 267 g/mol. The molecule has 0 bridgehead atoms. The van der Waals surface area contributed by atoms with Crippen LogP contribution in [0.15, 0.2) is 36.4 Å². The first-order valence-corrected chi connectivity index (χ1v) is 6.49. The van der Waals surface area contributed by atoms with Crippen LogP contribution in [-0.2, 0) is 0 Å². The van der Waals surface area contributed by atoms with Crippen LogP contribution in [0.5, 0.6) is 11.5 Å². The summed E-state index contributed by atoms with van der Waals surface area (Å²) in [5.74, 6) is 1.26. The van der Waals surface area contributed by atoms with E-state index in [4.69, 9.17) is 10.00 Å². The van der Waals surface area contributed by atoms with E-state index in [2.05, 4.69) is 6.07 Å². The average Bonchev–Trinajstić information content (AvgIpc) is 2.43. The Morgan fingerprint density at radius 1 is 1.15 bits per heavy atom. The molecule has 3 heteroatoms. The fraction of sp³-hybridized carbons (Fsp3) is 0.235. The van der Waals surface area contributed by atoms with Gasteiger partial charge in [-0.1, -0.05) is 18.2 Å². The summed E-state index contributed by atoms with van der Waals surface area (Å²) in [6.07, 6.45) is -0.650. The topological polar surface area (TPSA) is 53.2 Å². The minimum absolute atomic E-state index is 0.509. The first-order valence-electron chi connectivity index (χ1n) is 6.49. The second-order valence-corrected chi connectivity index (χ2v) is 4.84. The molecular weight excluding hydrogens is 250 g/mol. The Morgan fingerprint density at radius 3 is 2.55 bits per heavy atom. The molecule has 0 aliphatic carbocycles. The van der Waals surface area contributed by atoms with Crippen molar-refractivity contribution in [2.24, 2.45) is 0 Å². The molecule has 0 spiro atoms. The summed E-state index contributed by atoms with van der Waals surface area (Å²) >= 11 is 0. The lowest BCUT2D eigenvalue weighted by Gasteiger charge is -2.15. The molecule has 0 aliphatic rings. The lowest BCUT2D eigenvalue weighted by molar-refractivity contribution is 0.195. The van der Waals surface area contributed by atoms with Crippen molar-refractivity contribution in [3.05, 3.63) is 58.7 Å². The van der Waals surface area contributed by atoms with Gasteiger partial charge in [0.05, 0.1) is 17.7 Å². The lowest BCUT2D eigenvalue weighted by Crippen LogP contribution is -1.98. The molecule has 2 rings (SSSR count). The number of aliphatic hydroxyl groups is 1. The highest BCUT2D eigenvalue weighted by Gasteiger charge is 2.12. The number of aliphatic hydroxyl groups excluding tert-OH is 1. The highest BCUT2D eigenvalue weighted by molar-refractivity contribution is 5.47. The van der Waals surface area contributed by atoms with E-state index in [1.54, 1.807) is 25.1 Å². The zero-order valence-electron chi connectivity index (χ0n) is 11.8. The Bertz CT molecular complexity index is 669. The van der Waals surface area contributed by atoms with Crippen LogP contribution in [0.3, 0.4) is 0 Å². The van der Waals surface area contributed by atoms with Crippen molar-refractivity contribution >= 4 is 0 Å². The molecule has 0 amide bonds. The molecule has 0 aliphatic heterocycles. The Hall–Kier alpha value is -2.31. The molecule has 0 heterocycles. The highest BCUT2D eigenvalue weighted by Crippen LogP contribution is 2.32. The van der Waals surface area contributed by atoms with Gasteiger partial charge in [-0.3, -0.25) is 0 Å². The second kappa shape index (κ2) is 5.77. The molecule has 0 aromatic heterocycles. The van der Waals surface area contributed by atoms with Crippen LogP contribution in [0.1, 0.15) is 35.3 Å². The van der Waals surface area contributed by atoms with Crippen molar-refractivity contribution in [3.8, 4) is 17.6 Å². The van der Waals surface area contributed by atoms with Crippen LogP contribution in [0, 0.1) is 25.2 Å². The normalized spacial score (nSPS) is 11.8. The van der Waals surface area contributed by atoms with Gasteiger partial charge in [-0.15, -0.1) is 0 Å². The Morgan fingerprint density at radius 2 is 1.90 bits per heavy atom. The largest absolute Gasteiger partial charge is 0.457 e. The first-order chi connectivity index (χ1) is 9.52. The minimum Gasteiger partial charge on any atom is -0.457 e. The molecule has 102 valence electrons. The van der Waals surface area contributed by atoms with Gasteiger partial charge in [-0.25, -0.2) is 0 Å². The maximum absolute atomic E-state index is 9.81. The van der Waals surface area contributed by atoms with Crippen LogP contribution >= 0.6 is 0 Å². The van der Waals surface area contributed by atoms with Gasteiger partial charge in [0.1, 0.15) is 11.5 Å². The Labute approximate surface area is 119 Å². The fourth-order valence-electron chi connectivity index (χ4n) is 1.99. The van der Waals surface area contributed by atoms with E-state index >= 15 is 0 Å². The van der Waals surface area contributed by atoms with Crippen molar-refractivity contribution in [2.45, 2.75) is 26.9 Å². The van der Waals surface area contributed by atoms with Crippen LogP contribution in [-0.4, -0.2) is 5.11 Å². The zero-order valence-corrected chi connectivity index (χ0v) is 11.8. The standard InChI is InChI=1S/C17H17NO2/c1-11-5-4-6-16(12(11)2)20-17-9-14(10-18)7-8-15(17)13(3)19/h4-9,13,19H,1-3H3/t13-/m0/s1. The average molecular weight is 267 g/mol. The number of hydrogen-bond acceptors (Lipinski definition) is 3. The number of nitriles is 1. The summed E-state index contributed by atoms with van der Waals surface area (Å²) in [7, 11) is 0. The molecule has 1 N–H and O–H groups in total. The molecule has 2 aromatic carbocycles. The van der Waals surface area contributed by atoms with Gasteiger partial charge in [-0.2, -0.15) is 5.26 Å². The van der Waals surface area contributed by atoms with E-state index in [1.165, 1.54) is 0 Å². The molecule has 2 aromatic rings. The summed E-state index contributed by atoms with van der Waals surface area (Å²) in [6, 6.07) is 13.0. The Kier molecular flexibility index (Phi) is 4.07. The maximum Gasteiger partial charge on any atom is 0.134 e. The molecule has 20 heavy (non-hydrogen) atoms. The summed E-state index contributed by atoms with van der Waals surface area (Å²) in [4.78, 5) is 0. The van der Waals surface area contributed by atoms with Crippen LogP contribution in [0.4, 0.5) is 0 Å². The molecule has 0 radical (unpaired) electrons. The molecular formula is C17H17NO2. The summed E-state index contributed by atoms with van der Waals surface area (Å²) in [6.45, 7) is 5.68. The molecule has 1 atom stereocenters. The van der Waals surface area contributed by atoms with Crippen LogP contribution < -0.4 is 4.74 Å². The van der Waals surface area contributed by atoms with Gasteiger partial charge in [-0.05, 0) is 50.1 Å². The van der Waals surface area contributed by atoms with Crippen molar-refractivity contribution in [3.63, 3.8) is 0 Å². The molecule has 0 unspecified atom stereocenters. The minimum atomic E-state index is -0.650. The van der Waals surface area contributed by atoms with Crippen LogP contribution in [0.2, 0.25) is 0 Å². The summed E-state index contributed by atoms with van der Waals surface area (Å²) in [5, 5.41) is 18.8. The number of hydrogen-bond donors (Lipinski definition) is 1. The fourth-order valence-corrected chi connectivity index (χ4v) is 1.99. The van der Waals surface area contributed by atoms with Crippen molar-refractivity contribution < 1.29 is 9.84 Å². The van der Waals surface area contributed by atoms with Gasteiger partial charge >= 0.3 is 0 Å². The smallest absolute Gasteiger partial charge is 0.134 e. The molecule has 0 saturated heterocycles. The highest BCUT2D eigenvalue weighted by atomic mass is 16.5. The van der Waals surface area contributed by atoms with Crippen molar-refractivity contribution in [1.82, 2.24) is 0 Å². The van der Waals surface area contributed by atoms with E-state index in [0.29, 0.717) is 16.9 Å². The van der Waals surface area contributed by atoms with E-state index < -0.39 is 6.10 Å². The second-order valence-electron chi connectivity index (χ2n) is 4.84. The summed E-state index contributed by atoms with van der Waals surface area (Å²) < 4.78 is 5.91. The van der Waals surface area contributed by atoms with E-state index in [-0.39, 0.29) is 0 Å².